The fourth-order valence-electron chi connectivity index (χ4n) is 1.42. The summed E-state index contributed by atoms with van der Waals surface area (Å²) in [6.07, 6.45) is 0. The third kappa shape index (κ3) is 4.49. The third-order valence-electron chi connectivity index (χ3n) is 2.03. The van der Waals surface area contributed by atoms with Crippen LogP contribution in [0, 0.1) is 0 Å². The van der Waals surface area contributed by atoms with E-state index in [1.54, 1.807) is 0 Å². The fourth-order valence-corrected chi connectivity index (χ4v) is 1.42. The molecule has 0 aliphatic heterocycles. The molecule has 0 aromatic heterocycles. The maximum absolute atomic E-state index is 5.84. The zero-order valence-electron chi connectivity index (χ0n) is 10.7. The van der Waals surface area contributed by atoms with E-state index >= 15 is 0 Å². The largest absolute Gasteiger partial charge is 0.463 e. The normalized spacial score (nSPS) is 14.1. The summed E-state index contributed by atoms with van der Waals surface area (Å²) < 4.78 is 5.81. The van der Waals surface area contributed by atoms with Crippen LogP contribution in [0.1, 0.15) is 41.5 Å². The first kappa shape index (κ1) is 14.2. The third-order valence-corrected chi connectivity index (χ3v) is 2.03. The summed E-state index contributed by atoms with van der Waals surface area (Å²) in [6, 6.07) is -0.216. The van der Waals surface area contributed by atoms with Gasteiger partial charge >= 0.3 is 0 Å². The lowest BCUT2D eigenvalue weighted by Crippen LogP contribution is -2.26. The average Bonchev–Trinajstić information content (AvgIpc) is 2.01. The van der Waals surface area contributed by atoms with Gasteiger partial charge in [0.15, 0.2) is 0 Å². The predicted octanol–water partition coefficient (Wildman–Crippen LogP) is 2.29. The molecule has 2 unspecified atom stereocenters. The van der Waals surface area contributed by atoms with Gasteiger partial charge in [-0.25, -0.2) is 0 Å². The van der Waals surface area contributed by atoms with Crippen LogP contribution in [0.5, 0.6) is 0 Å². The Morgan fingerprint density at radius 3 is 1.20 bits per heavy atom. The summed E-state index contributed by atoms with van der Waals surface area (Å²) in [4.78, 5) is 0. The molecule has 0 radical (unpaired) electrons. The first-order chi connectivity index (χ1) is 6.77. The van der Waals surface area contributed by atoms with Gasteiger partial charge in [0, 0.05) is 0 Å². The van der Waals surface area contributed by atoms with E-state index in [0.717, 1.165) is 22.7 Å². The van der Waals surface area contributed by atoms with Crippen LogP contribution in [0.4, 0.5) is 0 Å². The smallest absolute Gasteiger partial charge is 0.119 e. The number of nitrogens with two attached hydrogens (primary N) is 2. The Hall–Kier alpha value is -0.800. The van der Waals surface area contributed by atoms with E-state index < -0.39 is 0 Å². The Morgan fingerprint density at radius 1 is 0.800 bits per heavy atom. The first-order valence-electron chi connectivity index (χ1n) is 5.31. The van der Waals surface area contributed by atoms with Crippen LogP contribution >= 0.6 is 0 Å². The van der Waals surface area contributed by atoms with Crippen molar-refractivity contribution >= 4 is 0 Å². The zero-order valence-corrected chi connectivity index (χ0v) is 10.7. The van der Waals surface area contributed by atoms with Crippen LogP contribution in [0.3, 0.4) is 0 Å². The van der Waals surface area contributed by atoms with Crippen molar-refractivity contribution in [1.82, 2.24) is 0 Å². The molecule has 3 nitrogen and oxygen atoms in total. The molecule has 3 heteroatoms. The molecule has 0 spiro atoms. The molecule has 0 aromatic carbocycles. The number of ether oxygens (including phenoxy) is 1. The van der Waals surface area contributed by atoms with Gasteiger partial charge in [0.05, 0.1) is 12.1 Å². The van der Waals surface area contributed by atoms with E-state index in [0.29, 0.717) is 0 Å². The van der Waals surface area contributed by atoms with Gasteiger partial charge in [-0.3, -0.25) is 0 Å². The molecule has 2 atom stereocenters. The topological polar surface area (TPSA) is 61.3 Å². The number of hydrogen-bond donors (Lipinski definition) is 2. The molecule has 88 valence electrons. The Bertz CT molecular complexity index is 239. The Balaban J connectivity index is 4.99. The van der Waals surface area contributed by atoms with Crippen LogP contribution in [-0.4, -0.2) is 12.1 Å². The maximum Gasteiger partial charge on any atom is 0.119 e. The van der Waals surface area contributed by atoms with Crippen molar-refractivity contribution in [3.05, 3.63) is 22.7 Å². The summed E-state index contributed by atoms with van der Waals surface area (Å²) >= 11 is 0. The molecule has 0 saturated carbocycles. The van der Waals surface area contributed by atoms with Gasteiger partial charge in [-0.1, -0.05) is 0 Å². The van der Waals surface area contributed by atoms with Crippen LogP contribution in [0.2, 0.25) is 0 Å². The second-order valence-corrected chi connectivity index (χ2v) is 4.41. The van der Waals surface area contributed by atoms with Gasteiger partial charge in [0.25, 0.3) is 0 Å². The second kappa shape index (κ2) is 5.93. The van der Waals surface area contributed by atoms with Crippen molar-refractivity contribution < 1.29 is 4.74 Å². The standard InChI is InChI=1S/C12H24N2O/c1-7(2)11(9(5)13)15-12(8(3)4)10(6)14/h9-10H,13-14H2,1-6H3. The Morgan fingerprint density at radius 2 is 1.07 bits per heavy atom. The number of hydrogen-bond acceptors (Lipinski definition) is 3. The zero-order chi connectivity index (χ0) is 12.2. The van der Waals surface area contributed by atoms with Crippen molar-refractivity contribution in [3.63, 3.8) is 0 Å². The highest BCUT2D eigenvalue weighted by Crippen LogP contribution is 2.18. The van der Waals surface area contributed by atoms with Crippen molar-refractivity contribution in [2.24, 2.45) is 11.5 Å². The molecule has 0 amide bonds. The summed E-state index contributed by atoms with van der Waals surface area (Å²) in [5.74, 6) is 1.62. The van der Waals surface area contributed by atoms with Crippen molar-refractivity contribution in [2.75, 3.05) is 0 Å². The van der Waals surface area contributed by atoms with E-state index in [1.807, 2.05) is 41.5 Å². The molecule has 4 N–H and O–H groups in total. The van der Waals surface area contributed by atoms with Crippen molar-refractivity contribution in [3.8, 4) is 0 Å². The molecule has 0 fully saturated rings. The first-order valence-corrected chi connectivity index (χ1v) is 5.31. The molecule has 0 aromatic rings. The van der Waals surface area contributed by atoms with Gasteiger partial charge in [-0.05, 0) is 52.7 Å². The number of rotatable bonds is 4. The molecule has 15 heavy (non-hydrogen) atoms. The highest BCUT2D eigenvalue weighted by Gasteiger charge is 2.14. The quantitative estimate of drug-likeness (QED) is 0.703. The van der Waals surface area contributed by atoms with E-state index in [9.17, 15) is 0 Å². The van der Waals surface area contributed by atoms with Gasteiger partial charge in [-0.15, -0.1) is 0 Å². The molecule has 0 heterocycles. The molecule has 0 bridgehead atoms. The van der Waals surface area contributed by atoms with E-state index in [4.69, 9.17) is 16.2 Å². The second-order valence-electron chi connectivity index (χ2n) is 4.41. The predicted molar refractivity (Wildman–Crippen MR) is 65.1 cm³/mol. The molecule has 0 aliphatic carbocycles. The van der Waals surface area contributed by atoms with E-state index in [2.05, 4.69) is 0 Å². The van der Waals surface area contributed by atoms with Gasteiger partial charge in [0.2, 0.25) is 0 Å². The Kier molecular flexibility index (Phi) is 5.61. The van der Waals surface area contributed by atoms with E-state index in [1.165, 1.54) is 0 Å². The van der Waals surface area contributed by atoms with Crippen LogP contribution in [-0.2, 0) is 4.74 Å². The lowest BCUT2D eigenvalue weighted by atomic mass is 10.1. The monoisotopic (exact) mass is 212 g/mol. The number of allylic oxidation sites excluding steroid dienone is 2. The van der Waals surface area contributed by atoms with Crippen molar-refractivity contribution in [1.29, 1.82) is 0 Å². The van der Waals surface area contributed by atoms with E-state index in [-0.39, 0.29) is 12.1 Å². The molecule has 0 rings (SSSR count). The summed E-state index contributed by atoms with van der Waals surface area (Å²) in [7, 11) is 0. The van der Waals surface area contributed by atoms with Crippen LogP contribution in [0.25, 0.3) is 0 Å². The summed E-state index contributed by atoms with van der Waals surface area (Å²) in [6.45, 7) is 11.8. The SMILES string of the molecule is CC(C)=C(OC(=C(C)C)C(C)N)C(C)N. The van der Waals surface area contributed by atoms with Gasteiger partial charge < -0.3 is 16.2 Å². The molecule has 0 aliphatic rings. The summed E-state index contributed by atoms with van der Waals surface area (Å²) in [5.41, 5.74) is 13.9. The van der Waals surface area contributed by atoms with Gasteiger partial charge in [0.1, 0.15) is 11.5 Å². The van der Waals surface area contributed by atoms with Gasteiger partial charge in [-0.2, -0.15) is 0 Å². The lowest BCUT2D eigenvalue weighted by Gasteiger charge is -2.21. The molecular weight excluding hydrogens is 188 g/mol. The van der Waals surface area contributed by atoms with Crippen LogP contribution < -0.4 is 11.5 Å². The minimum atomic E-state index is -0.108. The maximum atomic E-state index is 5.84. The average molecular weight is 212 g/mol. The highest BCUT2D eigenvalue weighted by atomic mass is 16.5. The molecule has 0 saturated heterocycles. The minimum absolute atomic E-state index is 0.108. The lowest BCUT2D eigenvalue weighted by molar-refractivity contribution is 0.252. The highest BCUT2D eigenvalue weighted by molar-refractivity contribution is 5.16. The fraction of sp³-hybridized carbons (Fsp3) is 0.667. The van der Waals surface area contributed by atoms with Crippen LogP contribution in [0.15, 0.2) is 22.7 Å². The summed E-state index contributed by atoms with van der Waals surface area (Å²) in [5, 5.41) is 0. The Labute approximate surface area is 93.2 Å². The minimum Gasteiger partial charge on any atom is -0.463 e. The molecular formula is C12H24N2O. The van der Waals surface area contributed by atoms with Crippen molar-refractivity contribution in [2.45, 2.75) is 53.6 Å².